The van der Waals surface area contributed by atoms with E-state index in [9.17, 15) is 12.8 Å². The van der Waals surface area contributed by atoms with E-state index in [-0.39, 0.29) is 18.0 Å². The number of benzene rings is 2. The fraction of sp³-hybridized carbons (Fsp3) is 0.200. The van der Waals surface area contributed by atoms with E-state index in [1.165, 1.54) is 12.1 Å². The lowest BCUT2D eigenvalue weighted by Crippen LogP contribution is -2.10. The number of hydrogen-bond acceptors (Lipinski definition) is 8. The van der Waals surface area contributed by atoms with Gasteiger partial charge in [-0.2, -0.15) is 13.4 Å². The van der Waals surface area contributed by atoms with Crippen molar-refractivity contribution >= 4 is 27.2 Å². The molecule has 0 saturated heterocycles. The molecule has 4 rings (SSSR count). The zero-order valence-electron chi connectivity index (χ0n) is 19.8. The van der Waals surface area contributed by atoms with Crippen LogP contribution in [0, 0.1) is 13.8 Å². The van der Waals surface area contributed by atoms with E-state index in [1.807, 2.05) is 32.2 Å². The molecule has 0 unspecified atom stereocenters. The van der Waals surface area contributed by atoms with Crippen molar-refractivity contribution in [2.24, 2.45) is 5.73 Å². The van der Waals surface area contributed by atoms with E-state index < -0.39 is 10.1 Å². The van der Waals surface area contributed by atoms with Crippen LogP contribution in [0.25, 0.3) is 11.1 Å². The van der Waals surface area contributed by atoms with Crippen molar-refractivity contribution in [3.8, 4) is 5.75 Å². The van der Waals surface area contributed by atoms with Gasteiger partial charge in [-0.3, -0.25) is 9.54 Å². The molecule has 2 aromatic carbocycles. The van der Waals surface area contributed by atoms with Crippen molar-refractivity contribution in [1.82, 2.24) is 9.97 Å². The molecule has 0 fully saturated rings. The second kappa shape index (κ2) is 12.2. The van der Waals surface area contributed by atoms with Crippen molar-refractivity contribution in [2.75, 3.05) is 18.5 Å². The molecular formula is C25H27FN4O5S. The number of nitrogens with two attached hydrogens (primary N) is 1. The lowest BCUT2D eigenvalue weighted by Gasteiger charge is -2.06. The highest BCUT2D eigenvalue weighted by Gasteiger charge is 2.08. The highest BCUT2D eigenvalue weighted by Crippen LogP contribution is 2.24. The minimum Gasteiger partial charge on any atom is -0.489 e. The molecule has 11 heteroatoms. The molecule has 0 bridgehead atoms. The molecule has 36 heavy (non-hydrogen) atoms. The summed E-state index contributed by atoms with van der Waals surface area (Å²) in [6.45, 7) is 4.55. The Hall–Kier alpha value is -3.80. The Morgan fingerprint density at radius 3 is 2.53 bits per heavy atom. The molecule has 0 atom stereocenters. The monoisotopic (exact) mass is 514 g/mol. The summed E-state index contributed by atoms with van der Waals surface area (Å²) in [6, 6.07) is 15.6. The van der Waals surface area contributed by atoms with Gasteiger partial charge in [-0.1, -0.05) is 23.8 Å². The number of pyridine rings is 1. The minimum atomic E-state index is -4.02. The van der Waals surface area contributed by atoms with Gasteiger partial charge >= 0.3 is 0 Å². The Morgan fingerprint density at radius 1 is 1.17 bits per heavy atom. The number of aryl methyl sites for hydroxylation is 2. The van der Waals surface area contributed by atoms with E-state index in [0.29, 0.717) is 41.3 Å². The predicted octanol–water partition coefficient (Wildman–Crippen LogP) is 4.58. The summed E-state index contributed by atoms with van der Waals surface area (Å²) in [6.07, 6.45) is 2.28. The minimum absolute atomic E-state index is 0.0666. The van der Waals surface area contributed by atoms with Gasteiger partial charge in [0.05, 0.1) is 11.2 Å². The van der Waals surface area contributed by atoms with Crippen molar-refractivity contribution in [3.05, 3.63) is 89.5 Å². The molecule has 4 aromatic rings. The SMILES string of the molecule is Cc1ccc(CNc2nc3ccc(OC/C(=C\F)CN)cc3o2)cn1.Cc1ccc(S(=O)(=O)O)cc1. The first kappa shape index (κ1) is 26.8. The zero-order valence-corrected chi connectivity index (χ0v) is 20.6. The average molecular weight is 515 g/mol. The maximum Gasteiger partial charge on any atom is 0.295 e. The first-order valence-corrected chi connectivity index (χ1v) is 12.3. The summed E-state index contributed by atoms with van der Waals surface area (Å²) in [5.41, 5.74) is 10.0. The molecule has 0 spiro atoms. The van der Waals surface area contributed by atoms with Gasteiger partial charge in [-0.25, -0.2) is 4.39 Å². The zero-order chi connectivity index (χ0) is 26.1. The summed E-state index contributed by atoms with van der Waals surface area (Å²) in [5, 5.41) is 3.12. The largest absolute Gasteiger partial charge is 0.489 e. The number of nitrogens with one attached hydrogen (secondary N) is 1. The van der Waals surface area contributed by atoms with Crippen LogP contribution in [0.15, 0.2) is 82.0 Å². The molecule has 0 saturated carbocycles. The molecule has 0 amide bonds. The van der Waals surface area contributed by atoms with E-state index in [2.05, 4.69) is 15.3 Å². The standard InChI is InChI=1S/C18H19FN4O2.C7H8O3S/c1-12-2-3-13(9-21-12)10-22-18-23-16-5-4-15(6-17(16)25-18)24-11-14(7-19)8-20;1-6-2-4-7(5-3-6)11(8,9)10/h2-7,9H,8,10-11,20H2,1H3,(H,22,23);2-5H,1H3,(H,8,9,10)/b14-7-;. The van der Waals surface area contributed by atoms with E-state index in [1.54, 1.807) is 30.3 Å². The second-order valence-electron chi connectivity index (χ2n) is 7.86. The number of oxazole rings is 1. The lowest BCUT2D eigenvalue weighted by atomic mass is 10.2. The number of nitrogens with zero attached hydrogens (tertiary/aromatic N) is 2. The topological polar surface area (TPSA) is 141 Å². The number of hydrogen-bond donors (Lipinski definition) is 3. The van der Waals surface area contributed by atoms with Gasteiger partial charge in [0.2, 0.25) is 0 Å². The number of aromatic nitrogens is 2. The Kier molecular flexibility index (Phi) is 9.12. The van der Waals surface area contributed by atoms with Crippen LogP contribution in [0.3, 0.4) is 0 Å². The van der Waals surface area contributed by atoms with Crippen molar-refractivity contribution in [3.63, 3.8) is 0 Å². The number of ether oxygens (including phenoxy) is 1. The van der Waals surface area contributed by atoms with Gasteiger partial charge in [-0.05, 0) is 49.7 Å². The lowest BCUT2D eigenvalue weighted by molar-refractivity contribution is 0.347. The van der Waals surface area contributed by atoms with Gasteiger partial charge in [0.25, 0.3) is 16.1 Å². The molecule has 4 N–H and O–H groups in total. The third kappa shape index (κ3) is 7.87. The Morgan fingerprint density at radius 2 is 1.92 bits per heavy atom. The van der Waals surface area contributed by atoms with Crippen LogP contribution in [0.1, 0.15) is 16.8 Å². The van der Waals surface area contributed by atoms with Crippen molar-refractivity contribution < 1.29 is 26.5 Å². The first-order valence-electron chi connectivity index (χ1n) is 10.9. The van der Waals surface area contributed by atoms with Gasteiger partial charge in [0.1, 0.15) is 17.9 Å². The highest BCUT2D eigenvalue weighted by atomic mass is 32.2. The van der Waals surface area contributed by atoms with Gasteiger partial charge < -0.3 is 20.2 Å². The fourth-order valence-electron chi connectivity index (χ4n) is 2.87. The predicted molar refractivity (Wildman–Crippen MR) is 135 cm³/mol. The maximum atomic E-state index is 12.5. The Labute approximate surface area is 208 Å². The molecule has 2 aromatic heterocycles. The van der Waals surface area contributed by atoms with Crippen molar-refractivity contribution in [2.45, 2.75) is 25.3 Å². The smallest absolute Gasteiger partial charge is 0.295 e. The highest BCUT2D eigenvalue weighted by molar-refractivity contribution is 7.85. The van der Waals surface area contributed by atoms with Crippen LogP contribution in [-0.2, 0) is 16.7 Å². The van der Waals surface area contributed by atoms with E-state index in [4.69, 9.17) is 19.4 Å². The summed E-state index contributed by atoms with van der Waals surface area (Å²) >= 11 is 0. The molecule has 0 aliphatic rings. The first-order chi connectivity index (χ1) is 17.2. The molecule has 190 valence electrons. The van der Waals surface area contributed by atoms with Crippen LogP contribution < -0.4 is 15.8 Å². The van der Waals surface area contributed by atoms with Crippen LogP contribution in [0.4, 0.5) is 10.4 Å². The average Bonchev–Trinajstić information content (AvgIpc) is 3.27. The summed E-state index contributed by atoms with van der Waals surface area (Å²) < 4.78 is 53.2. The number of halogens is 1. The second-order valence-corrected chi connectivity index (χ2v) is 9.28. The number of anilines is 1. The molecule has 9 nitrogen and oxygen atoms in total. The van der Waals surface area contributed by atoms with E-state index >= 15 is 0 Å². The molecule has 2 heterocycles. The third-order valence-corrected chi connectivity index (χ3v) is 5.80. The van der Waals surface area contributed by atoms with Gasteiger partial charge in [0, 0.05) is 36.6 Å². The quantitative estimate of drug-likeness (QED) is 0.288. The number of rotatable bonds is 8. The normalized spacial score (nSPS) is 11.6. The van der Waals surface area contributed by atoms with Gasteiger partial charge in [0.15, 0.2) is 5.58 Å². The van der Waals surface area contributed by atoms with Crippen molar-refractivity contribution in [1.29, 1.82) is 0 Å². The summed E-state index contributed by atoms with van der Waals surface area (Å²) in [4.78, 5) is 8.55. The van der Waals surface area contributed by atoms with Crippen LogP contribution in [-0.4, -0.2) is 36.1 Å². The molecular weight excluding hydrogens is 487 g/mol. The third-order valence-electron chi connectivity index (χ3n) is 4.94. The number of fused-ring (bicyclic) bond motifs is 1. The van der Waals surface area contributed by atoms with E-state index in [0.717, 1.165) is 16.8 Å². The molecule has 0 radical (unpaired) electrons. The Balaban J connectivity index is 0.000000275. The Bertz CT molecular complexity index is 1420. The van der Waals surface area contributed by atoms with Crippen LogP contribution >= 0.6 is 0 Å². The van der Waals surface area contributed by atoms with Crippen LogP contribution in [0.5, 0.6) is 5.75 Å². The van der Waals surface area contributed by atoms with Crippen LogP contribution in [0.2, 0.25) is 0 Å². The fourth-order valence-corrected chi connectivity index (χ4v) is 3.35. The maximum absolute atomic E-state index is 12.5. The molecule has 0 aliphatic heterocycles. The molecule has 0 aliphatic carbocycles. The summed E-state index contributed by atoms with van der Waals surface area (Å²) in [5.74, 6) is 0.561. The summed E-state index contributed by atoms with van der Waals surface area (Å²) in [7, 11) is -4.02. The van der Waals surface area contributed by atoms with Gasteiger partial charge in [-0.15, -0.1) is 0 Å².